The highest BCUT2D eigenvalue weighted by Gasteiger charge is 2.22. The van der Waals surface area contributed by atoms with Crippen LogP contribution in [-0.4, -0.2) is 17.5 Å². The molecule has 0 aliphatic rings. The first-order chi connectivity index (χ1) is 9.67. The summed E-state index contributed by atoms with van der Waals surface area (Å²) in [6.07, 6.45) is 2.01. The third kappa shape index (κ3) is 3.10. The molecule has 2 aromatic heterocycles. The second-order valence-electron chi connectivity index (χ2n) is 4.26. The molecule has 1 atom stereocenters. The summed E-state index contributed by atoms with van der Waals surface area (Å²) in [6, 6.07) is 4.26. The Balaban J connectivity index is 2.25. The zero-order valence-electron chi connectivity index (χ0n) is 11.4. The average Bonchev–Trinajstić information content (AvgIpc) is 3.08. The number of anilines is 2. The fraction of sp³-hybridized carbons (Fsp3) is 0.385. The first-order valence-electron chi connectivity index (χ1n) is 6.30. The lowest BCUT2D eigenvalue weighted by Gasteiger charge is -2.17. The number of nitrogens with one attached hydrogen (secondary N) is 1. The summed E-state index contributed by atoms with van der Waals surface area (Å²) in [5, 5.41) is 6.08. The van der Waals surface area contributed by atoms with Crippen molar-refractivity contribution >= 4 is 39.7 Å². The number of nitrogens with two attached hydrogens (primary N) is 1. The van der Waals surface area contributed by atoms with Crippen LogP contribution >= 0.6 is 22.9 Å². The second kappa shape index (κ2) is 6.71. The molecule has 0 amide bonds. The summed E-state index contributed by atoms with van der Waals surface area (Å²) < 4.78 is 8.80. The van der Waals surface area contributed by atoms with E-state index in [1.54, 1.807) is 11.3 Å². The lowest BCUT2D eigenvalue weighted by Crippen LogP contribution is -2.12. The Bertz CT molecular complexity index is 566. The number of rotatable bonds is 6. The number of nitrogens with zero attached hydrogens (tertiary/aromatic N) is 1. The fourth-order valence-corrected chi connectivity index (χ4v) is 3.49. The van der Waals surface area contributed by atoms with Crippen LogP contribution < -0.4 is 11.1 Å². The molecule has 2 rings (SSSR count). The predicted octanol–water partition coefficient (Wildman–Crippen LogP) is 3.53. The lowest BCUT2D eigenvalue weighted by atomic mass is 10.1. The number of carbonyl (C=O) groups excluding carboxylic acids is 1. The standard InChI is InChI=1S/C13H17N3O2S2/c1-3-5-8(9-6-4-7-19-9)15-12-10(13(17)18-2)11(14)16-20-12/h4,6-8,15H,3,5H2,1-2H3,(H2,14,16). The van der Waals surface area contributed by atoms with E-state index in [2.05, 4.69) is 22.7 Å². The van der Waals surface area contributed by atoms with Crippen molar-refractivity contribution in [1.82, 2.24) is 4.37 Å². The van der Waals surface area contributed by atoms with Crippen molar-refractivity contribution in [3.05, 3.63) is 28.0 Å². The van der Waals surface area contributed by atoms with E-state index in [0.29, 0.717) is 10.6 Å². The number of nitrogen functional groups attached to an aromatic ring is 1. The van der Waals surface area contributed by atoms with E-state index < -0.39 is 5.97 Å². The fourth-order valence-electron chi connectivity index (χ4n) is 1.92. The van der Waals surface area contributed by atoms with E-state index in [9.17, 15) is 4.79 Å². The van der Waals surface area contributed by atoms with Crippen molar-refractivity contribution in [2.75, 3.05) is 18.2 Å². The number of hydrogen-bond donors (Lipinski definition) is 2. The van der Waals surface area contributed by atoms with Crippen LogP contribution in [-0.2, 0) is 4.74 Å². The van der Waals surface area contributed by atoms with E-state index in [4.69, 9.17) is 10.5 Å². The number of esters is 1. The van der Waals surface area contributed by atoms with Crippen molar-refractivity contribution in [2.45, 2.75) is 25.8 Å². The van der Waals surface area contributed by atoms with Crippen molar-refractivity contribution in [3.63, 3.8) is 0 Å². The molecule has 20 heavy (non-hydrogen) atoms. The monoisotopic (exact) mass is 311 g/mol. The van der Waals surface area contributed by atoms with Crippen LogP contribution in [0.2, 0.25) is 0 Å². The molecule has 0 aliphatic heterocycles. The molecule has 2 heterocycles. The Hall–Kier alpha value is -1.60. The zero-order valence-corrected chi connectivity index (χ0v) is 13.0. The van der Waals surface area contributed by atoms with Crippen molar-refractivity contribution in [1.29, 1.82) is 0 Å². The molecule has 0 spiro atoms. The van der Waals surface area contributed by atoms with Gasteiger partial charge < -0.3 is 15.8 Å². The average molecular weight is 311 g/mol. The summed E-state index contributed by atoms with van der Waals surface area (Å²) in [5.74, 6) is -0.244. The Labute approximate surface area is 125 Å². The largest absolute Gasteiger partial charge is 0.465 e. The quantitative estimate of drug-likeness (QED) is 0.798. The number of ether oxygens (including phenoxy) is 1. The van der Waals surface area contributed by atoms with Crippen LogP contribution in [0.1, 0.15) is 41.0 Å². The number of methoxy groups -OCH3 is 1. The molecule has 0 radical (unpaired) electrons. The summed E-state index contributed by atoms with van der Waals surface area (Å²) in [6.45, 7) is 2.13. The van der Waals surface area contributed by atoms with E-state index >= 15 is 0 Å². The van der Waals surface area contributed by atoms with Gasteiger partial charge in [-0.15, -0.1) is 11.3 Å². The van der Waals surface area contributed by atoms with Crippen LogP contribution in [0, 0.1) is 0 Å². The molecule has 0 saturated heterocycles. The molecule has 2 aromatic rings. The molecular formula is C13H17N3O2S2. The van der Waals surface area contributed by atoms with Crippen molar-refractivity contribution in [2.24, 2.45) is 0 Å². The van der Waals surface area contributed by atoms with Crippen molar-refractivity contribution < 1.29 is 9.53 Å². The zero-order chi connectivity index (χ0) is 14.5. The summed E-state index contributed by atoms with van der Waals surface area (Å²) in [7, 11) is 1.34. The minimum Gasteiger partial charge on any atom is -0.465 e. The smallest absolute Gasteiger partial charge is 0.344 e. The minimum atomic E-state index is -0.458. The molecule has 7 heteroatoms. The SMILES string of the molecule is CCCC(Nc1snc(N)c1C(=O)OC)c1cccs1. The van der Waals surface area contributed by atoms with Gasteiger partial charge in [0.15, 0.2) is 5.82 Å². The van der Waals surface area contributed by atoms with Crippen LogP contribution in [0.5, 0.6) is 0 Å². The Morgan fingerprint density at radius 2 is 2.40 bits per heavy atom. The van der Waals surface area contributed by atoms with Gasteiger partial charge >= 0.3 is 5.97 Å². The van der Waals surface area contributed by atoms with Crippen LogP contribution in [0.3, 0.4) is 0 Å². The van der Waals surface area contributed by atoms with Gasteiger partial charge in [-0.2, -0.15) is 4.37 Å². The van der Waals surface area contributed by atoms with Gasteiger partial charge in [0.25, 0.3) is 0 Å². The van der Waals surface area contributed by atoms with Gasteiger partial charge in [-0.05, 0) is 29.4 Å². The number of carbonyl (C=O) groups is 1. The van der Waals surface area contributed by atoms with Crippen molar-refractivity contribution in [3.8, 4) is 0 Å². The van der Waals surface area contributed by atoms with Crippen LogP contribution in [0.4, 0.5) is 10.8 Å². The highest BCUT2D eigenvalue weighted by molar-refractivity contribution is 7.11. The molecule has 0 aliphatic carbocycles. The third-order valence-electron chi connectivity index (χ3n) is 2.88. The minimum absolute atomic E-state index is 0.156. The predicted molar refractivity (Wildman–Crippen MR) is 83.5 cm³/mol. The van der Waals surface area contributed by atoms with Crippen LogP contribution in [0.15, 0.2) is 17.5 Å². The first kappa shape index (κ1) is 14.8. The van der Waals surface area contributed by atoms with Gasteiger partial charge in [-0.25, -0.2) is 4.79 Å². The third-order valence-corrected chi connectivity index (χ3v) is 4.66. The maximum Gasteiger partial charge on any atom is 0.344 e. The Kier molecular flexibility index (Phi) is 4.97. The second-order valence-corrected chi connectivity index (χ2v) is 6.02. The summed E-state index contributed by atoms with van der Waals surface area (Å²) in [5.41, 5.74) is 6.08. The van der Waals surface area contributed by atoms with Gasteiger partial charge in [-0.1, -0.05) is 19.4 Å². The molecule has 5 nitrogen and oxygen atoms in total. The normalized spacial score (nSPS) is 12.1. The Morgan fingerprint density at radius 3 is 3.00 bits per heavy atom. The molecule has 0 saturated carbocycles. The first-order valence-corrected chi connectivity index (χ1v) is 7.96. The number of thiophene rings is 1. The maximum atomic E-state index is 11.8. The molecule has 0 aromatic carbocycles. The molecule has 108 valence electrons. The summed E-state index contributed by atoms with van der Waals surface area (Å²) in [4.78, 5) is 13.0. The highest BCUT2D eigenvalue weighted by Crippen LogP contribution is 2.33. The van der Waals surface area contributed by atoms with Gasteiger partial charge in [-0.3, -0.25) is 0 Å². The molecular weight excluding hydrogens is 294 g/mol. The molecule has 3 N–H and O–H groups in total. The maximum absolute atomic E-state index is 11.8. The van der Waals surface area contributed by atoms with Crippen LogP contribution in [0.25, 0.3) is 0 Å². The Morgan fingerprint density at radius 1 is 1.60 bits per heavy atom. The van der Waals surface area contributed by atoms with E-state index in [1.807, 2.05) is 11.4 Å². The topological polar surface area (TPSA) is 77.2 Å². The van der Waals surface area contributed by atoms with E-state index in [0.717, 1.165) is 12.8 Å². The van der Waals surface area contributed by atoms with E-state index in [1.165, 1.54) is 23.5 Å². The highest BCUT2D eigenvalue weighted by atomic mass is 32.1. The van der Waals surface area contributed by atoms with E-state index in [-0.39, 0.29) is 11.9 Å². The van der Waals surface area contributed by atoms with Gasteiger partial charge in [0.1, 0.15) is 10.6 Å². The van der Waals surface area contributed by atoms with Gasteiger partial charge in [0.05, 0.1) is 13.2 Å². The molecule has 0 fully saturated rings. The van der Waals surface area contributed by atoms with Gasteiger partial charge in [0, 0.05) is 4.88 Å². The number of hydrogen-bond acceptors (Lipinski definition) is 7. The molecule has 0 bridgehead atoms. The molecule has 1 unspecified atom stereocenters. The lowest BCUT2D eigenvalue weighted by molar-refractivity contribution is 0.0603. The summed E-state index contributed by atoms with van der Waals surface area (Å²) >= 11 is 2.88. The number of aromatic nitrogens is 1. The van der Waals surface area contributed by atoms with Gasteiger partial charge in [0.2, 0.25) is 0 Å².